The maximum Gasteiger partial charge on any atom is 0.335 e. The van der Waals surface area contributed by atoms with Crippen molar-refractivity contribution >= 4 is 39.5 Å². The second-order valence-corrected chi connectivity index (χ2v) is 10.2. The molecule has 1 N–H and O–H groups in total. The molecule has 0 bridgehead atoms. The second kappa shape index (κ2) is 9.92. The Bertz CT molecular complexity index is 1680. The number of carbonyl (C=O) groups is 2. The van der Waals surface area contributed by atoms with Gasteiger partial charge in [0.25, 0.3) is 5.91 Å². The van der Waals surface area contributed by atoms with Crippen LogP contribution in [0.1, 0.15) is 45.8 Å². The number of aliphatic carboxylic acids is 1. The fourth-order valence-electron chi connectivity index (χ4n) is 5.27. The summed E-state index contributed by atoms with van der Waals surface area (Å²) in [6.45, 7) is 2.32. The third-order valence-electron chi connectivity index (χ3n) is 7.28. The van der Waals surface area contributed by atoms with Gasteiger partial charge in [0.15, 0.2) is 17.2 Å². The predicted octanol–water partition coefficient (Wildman–Crippen LogP) is 5.09. The number of nitrogens with zero attached hydrogens (tertiary/aromatic N) is 4. The smallest absolute Gasteiger partial charge is 0.335 e. The number of ether oxygens (including phenoxy) is 1. The summed E-state index contributed by atoms with van der Waals surface area (Å²) in [5.74, 6) is -1.91. The van der Waals surface area contributed by atoms with Crippen molar-refractivity contribution in [3.8, 4) is 17.0 Å². The largest absolute Gasteiger partial charge is 0.485 e. The monoisotopic (exact) mass is 590 g/mol. The Morgan fingerprint density at radius 3 is 2.79 bits per heavy atom. The molecule has 4 aromatic rings. The minimum absolute atomic E-state index is 0.0136. The number of carboxylic acid groups (broad SMARTS) is 1. The molecule has 0 unspecified atom stereocenters. The zero-order valence-corrected chi connectivity index (χ0v) is 22.6. The number of carbonyl (C=O) groups excluding carboxylic acids is 1. The third-order valence-corrected chi connectivity index (χ3v) is 7.89. The number of aromatic nitrogens is 3. The zero-order chi connectivity index (χ0) is 27.3. The van der Waals surface area contributed by atoms with Crippen molar-refractivity contribution in [3.05, 3.63) is 88.0 Å². The summed E-state index contributed by atoms with van der Waals surface area (Å²) in [6.07, 6.45) is 2.77. The van der Waals surface area contributed by atoms with Crippen molar-refractivity contribution in [2.45, 2.75) is 25.8 Å². The maximum absolute atomic E-state index is 15.5. The van der Waals surface area contributed by atoms with Crippen LogP contribution in [0.5, 0.6) is 5.75 Å². The van der Waals surface area contributed by atoms with Crippen LogP contribution in [-0.2, 0) is 17.6 Å². The molecule has 6 rings (SSSR count). The second-order valence-electron chi connectivity index (χ2n) is 9.51. The topological polar surface area (TPSA) is 97.0 Å². The minimum Gasteiger partial charge on any atom is -0.485 e. The van der Waals surface area contributed by atoms with Gasteiger partial charge >= 0.3 is 5.97 Å². The molecular formula is C29H24BrFN4O4. The summed E-state index contributed by atoms with van der Waals surface area (Å²) in [4.78, 5) is 31.5. The molecule has 0 saturated carbocycles. The Labute approximate surface area is 231 Å². The molecule has 10 heteroatoms. The van der Waals surface area contributed by atoms with E-state index in [4.69, 9.17) is 4.74 Å². The normalized spacial score (nSPS) is 16.3. The van der Waals surface area contributed by atoms with Crippen molar-refractivity contribution in [1.29, 1.82) is 0 Å². The first-order chi connectivity index (χ1) is 18.9. The highest BCUT2D eigenvalue weighted by molar-refractivity contribution is 9.09. The SMILES string of the molecule is CCc1cc(C(=O)N2CCc3ccccc3[C@H]2CBr)nc2cc(-c3ccc4c(c3F)OCC(C(=O)O)=C4)nn12. The molecule has 1 atom stereocenters. The van der Waals surface area contributed by atoms with Gasteiger partial charge < -0.3 is 14.7 Å². The molecule has 1 amide bonds. The highest BCUT2D eigenvalue weighted by atomic mass is 79.9. The lowest BCUT2D eigenvalue weighted by Gasteiger charge is -2.36. The first kappa shape index (κ1) is 25.2. The lowest BCUT2D eigenvalue weighted by atomic mass is 9.93. The molecule has 2 aliphatic rings. The summed E-state index contributed by atoms with van der Waals surface area (Å²) in [7, 11) is 0. The van der Waals surface area contributed by atoms with Crippen LogP contribution in [0, 0.1) is 5.82 Å². The van der Waals surface area contributed by atoms with E-state index in [0.29, 0.717) is 40.9 Å². The van der Waals surface area contributed by atoms with Crippen LogP contribution in [0.25, 0.3) is 23.0 Å². The molecule has 0 spiro atoms. The van der Waals surface area contributed by atoms with E-state index in [1.807, 2.05) is 24.0 Å². The van der Waals surface area contributed by atoms with E-state index < -0.39 is 11.8 Å². The summed E-state index contributed by atoms with van der Waals surface area (Å²) in [5.41, 5.74) is 4.85. The Balaban J connectivity index is 1.38. The first-order valence-corrected chi connectivity index (χ1v) is 13.8. The molecule has 0 aliphatic carbocycles. The highest BCUT2D eigenvalue weighted by Crippen LogP contribution is 2.36. The Morgan fingerprint density at radius 1 is 1.21 bits per heavy atom. The van der Waals surface area contributed by atoms with Crippen LogP contribution in [0.15, 0.2) is 54.1 Å². The number of carboxylic acids is 1. The number of hydrogen-bond donors (Lipinski definition) is 1. The Kier molecular flexibility index (Phi) is 6.42. The van der Waals surface area contributed by atoms with Crippen molar-refractivity contribution in [1.82, 2.24) is 19.5 Å². The van der Waals surface area contributed by atoms with E-state index in [2.05, 4.69) is 38.1 Å². The zero-order valence-electron chi connectivity index (χ0n) is 21.0. The van der Waals surface area contributed by atoms with Crippen LogP contribution in [-0.4, -0.2) is 55.0 Å². The molecule has 2 aromatic heterocycles. The van der Waals surface area contributed by atoms with Crippen LogP contribution < -0.4 is 4.74 Å². The molecule has 4 heterocycles. The molecule has 8 nitrogen and oxygen atoms in total. The molecule has 0 fully saturated rings. The van der Waals surface area contributed by atoms with Gasteiger partial charge in [-0.2, -0.15) is 5.10 Å². The molecule has 0 radical (unpaired) electrons. The first-order valence-electron chi connectivity index (χ1n) is 12.6. The van der Waals surface area contributed by atoms with Gasteiger partial charge in [-0.25, -0.2) is 18.7 Å². The van der Waals surface area contributed by atoms with Gasteiger partial charge in [-0.15, -0.1) is 0 Å². The fraction of sp³-hybridized carbons (Fsp3) is 0.241. The van der Waals surface area contributed by atoms with E-state index in [9.17, 15) is 14.7 Å². The van der Waals surface area contributed by atoms with E-state index in [1.165, 1.54) is 11.6 Å². The standard InChI is InChI=1S/C29H24BrFN4O4/c1-2-19-12-23(28(36)34-10-9-16-5-3-4-6-20(16)24(34)14-30)32-25-13-22(33-35(19)25)21-8-7-17-11-18(29(37)38)15-39-27(17)26(21)31/h3-8,11-13,24H,2,9-10,14-15H2,1H3,(H,37,38)/t24-/m1/s1. The highest BCUT2D eigenvalue weighted by Gasteiger charge is 2.32. The Morgan fingerprint density at radius 2 is 2.03 bits per heavy atom. The van der Waals surface area contributed by atoms with Crippen molar-refractivity contribution in [2.24, 2.45) is 0 Å². The summed E-state index contributed by atoms with van der Waals surface area (Å²) in [5, 5.41) is 14.4. The summed E-state index contributed by atoms with van der Waals surface area (Å²) < 4.78 is 22.6. The van der Waals surface area contributed by atoms with Crippen LogP contribution in [0.3, 0.4) is 0 Å². The number of rotatable bonds is 5. The fourth-order valence-corrected chi connectivity index (χ4v) is 5.97. The third kappa shape index (κ3) is 4.28. The van der Waals surface area contributed by atoms with Crippen molar-refractivity contribution in [2.75, 3.05) is 18.5 Å². The molecule has 198 valence electrons. The van der Waals surface area contributed by atoms with Gasteiger partial charge in [-0.05, 0) is 42.2 Å². The van der Waals surface area contributed by atoms with E-state index >= 15 is 4.39 Å². The lowest BCUT2D eigenvalue weighted by Crippen LogP contribution is -2.41. The van der Waals surface area contributed by atoms with Crippen molar-refractivity contribution < 1.29 is 23.8 Å². The number of halogens is 2. The number of alkyl halides is 1. The molecular weight excluding hydrogens is 567 g/mol. The van der Waals surface area contributed by atoms with E-state index in [-0.39, 0.29) is 35.4 Å². The van der Waals surface area contributed by atoms with Gasteiger partial charge in [-0.1, -0.05) is 53.2 Å². The van der Waals surface area contributed by atoms with Crippen LogP contribution in [0.4, 0.5) is 4.39 Å². The lowest BCUT2D eigenvalue weighted by molar-refractivity contribution is -0.133. The number of amides is 1. The van der Waals surface area contributed by atoms with Gasteiger partial charge in [0.05, 0.1) is 17.3 Å². The van der Waals surface area contributed by atoms with Gasteiger partial charge in [0.2, 0.25) is 0 Å². The molecule has 0 saturated heterocycles. The van der Waals surface area contributed by atoms with Crippen molar-refractivity contribution in [3.63, 3.8) is 0 Å². The summed E-state index contributed by atoms with van der Waals surface area (Å²) in [6, 6.07) is 14.6. The number of fused-ring (bicyclic) bond motifs is 3. The number of benzene rings is 2. The van der Waals surface area contributed by atoms with Gasteiger partial charge in [0, 0.05) is 34.8 Å². The predicted molar refractivity (Wildman–Crippen MR) is 147 cm³/mol. The van der Waals surface area contributed by atoms with E-state index in [1.54, 1.807) is 28.8 Å². The van der Waals surface area contributed by atoms with Crippen LogP contribution >= 0.6 is 15.9 Å². The average Bonchev–Trinajstić information content (AvgIpc) is 3.39. The van der Waals surface area contributed by atoms with Gasteiger partial charge in [-0.3, -0.25) is 4.79 Å². The quantitative estimate of drug-likeness (QED) is 0.325. The molecule has 2 aliphatic heterocycles. The minimum atomic E-state index is -1.11. The average molecular weight is 591 g/mol. The van der Waals surface area contributed by atoms with Gasteiger partial charge in [0.1, 0.15) is 12.3 Å². The maximum atomic E-state index is 15.5. The van der Waals surface area contributed by atoms with E-state index in [0.717, 1.165) is 17.7 Å². The molecule has 2 aromatic carbocycles. The van der Waals surface area contributed by atoms with Crippen LogP contribution in [0.2, 0.25) is 0 Å². The summed E-state index contributed by atoms with van der Waals surface area (Å²) >= 11 is 3.60. The number of aryl methyl sites for hydroxylation is 1. The molecule has 39 heavy (non-hydrogen) atoms. The Hall–Kier alpha value is -4.05. The number of hydrogen-bond acceptors (Lipinski definition) is 5.